The molecule has 1 atom stereocenters. The number of ether oxygens (including phenoxy) is 2. The zero-order valence-electron chi connectivity index (χ0n) is 23.3. The van der Waals surface area contributed by atoms with Gasteiger partial charge >= 0.3 is 0 Å². The molecule has 1 heterocycles. The fourth-order valence-electron chi connectivity index (χ4n) is 4.77. The van der Waals surface area contributed by atoms with E-state index in [1.165, 1.54) is 7.11 Å². The summed E-state index contributed by atoms with van der Waals surface area (Å²) < 4.78 is 36.0. The average molecular weight is 559 g/mol. The average Bonchev–Trinajstić information content (AvgIpc) is 3.15. The van der Waals surface area contributed by atoms with E-state index in [1.54, 1.807) is 44.2 Å². The van der Waals surface area contributed by atoms with Crippen molar-refractivity contribution in [3.05, 3.63) is 52.6 Å². The number of sulfone groups is 1. The highest BCUT2D eigenvalue weighted by Gasteiger charge is 2.44. The van der Waals surface area contributed by atoms with Crippen LogP contribution >= 0.6 is 0 Å². The maximum Gasteiger partial charge on any atom is 0.264 e. The number of aryl methyl sites for hydroxylation is 1. The van der Waals surface area contributed by atoms with Gasteiger partial charge in [0.1, 0.15) is 9.84 Å². The van der Waals surface area contributed by atoms with Crippen LogP contribution in [0.4, 0.5) is 5.69 Å². The van der Waals surface area contributed by atoms with Gasteiger partial charge in [-0.25, -0.2) is 8.42 Å². The van der Waals surface area contributed by atoms with E-state index in [0.717, 1.165) is 42.4 Å². The van der Waals surface area contributed by atoms with Crippen LogP contribution in [0.15, 0.2) is 30.3 Å². The van der Waals surface area contributed by atoms with Gasteiger partial charge in [-0.05, 0) is 49.1 Å². The van der Waals surface area contributed by atoms with Crippen LogP contribution in [0.25, 0.3) is 0 Å². The van der Waals surface area contributed by atoms with E-state index in [4.69, 9.17) is 9.47 Å². The Bertz CT molecular complexity index is 1340. The van der Waals surface area contributed by atoms with Gasteiger partial charge in [0.25, 0.3) is 11.8 Å². The van der Waals surface area contributed by atoms with Crippen LogP contribution in [0.2, 0.25) is 0 Å². The smallest absolute Gasteiger partial charge is 0.264 e. The molecule has 0 radical (unpaired) electrons. The highest BCUT2D eigenvalue weighted by molar-refractivity contribution is 7.90. The molecule has 0 saturated carbocycles. The van der Waals surface area contributed by atoms with Crippen LogP contribution in [0, 0.1) is 0 Å². The van der Waals surface area contributed by atoms with Crippen molar-refractivity contribution in [2.45, 2.75) is 65.3 Å². The molecule has 1 N–H and O–H groups in total. The second-order valence-corrected chi connectivity index (χ2v) is 11.9. The first-order valence-electron chi connectivity index (χ1n) is 13.4. The van der Waals surface area contributed by atoms with E-state index in [9.17, 15) is 22.8 Å². The molecule has 0 saturated heterocycles. The van der Waals surface area contributed by atoms with Crippen molar-refractivity contribution in [2.75, 3.05) is 31.0 Å². The third kappa shape index (κ3) is 6.98. The molecule has 0 unspecified atom stereocenters. The van der Waals surface area contributed by atoms with Gasteiger partial charge in [0, 0.05) is 12.7 Å². The molecule has 1 aliphatic rings. The van der Waals surface area contributed by atoms with Crippen LogP contribution in [0.5, 0.6) is 11.5 Å². The fraction of sp³-hybridized carbons (Fsp3) is 0.483. The van der Waals surface area contributed by atoms with E-state index < -0.39 is 33.4 Å². The molecule has 0 aromatic heterocycles. The van der Waals surface area contributed by atoms with Crippen molar-refractivity contribution < 1.29 is 32.3 Å². The van der Waals surface area contributed by atoms with Gasteiger partial charge in [0.2, 0.25) is 5.91 Å². The molecule has 2 aromatic carbocycles. The minimum atomic E-state index is -3.63. The van der Waals surface area contributed by atoms with Crippen LogP contribution in [0.1, 0.15) is 90.8 Å². The number of carbonyl (C=O) groups excluding carboxylic acids is 3. The third-order valence-corrected chi connectivity index (χ3v) is 7.62. The molecule has 39 heavy (non-hydrogen) atoms. The predicted molar refractivity (Wildman–Crippen MR) is 150 cm³/mol. The lowest BCUT2D eigenvalue weighted by molar-refractivity contribution is -0.115. The quantitative estimate of drug-likeness (QED) is 0.257. The Morgan fingerprint density at radius 2 is 1.74 bits per heavy atom. The summed E-state index contributed by atoms with van der Waals surface area (Å²) in [7, 11) is -2.14. The van der Waals surface area contributed by atoms with Crippen LogP contribution in [-0.4, -0.2) is 56.8 Å². The second-order valence-electron chi connectivity index (χ2n) is 9.67. The number of methoxy groups -OCH3 is 1. The van der Waals surface area contributed by atoms with Gasteiger partial charge in [0.05, 0.1) is 42.3 Å². The number of nitrogens with zero attached hydrogens (tertiary/aromatic N) is 1. The van der Waals surface area contributed by atoms with E-state index in [1.807, 2.05) is 0 Å². The largest absolute Gasteiger partial charge is 0.493 e. The summed E-state index contributed by atoms with van der Waals surface area (Å²) in [6, 6.07) is 7.11. The predicted octanol–water partition coefficient (Wildman–Crippen LogP) is 4.95. The Labute approximate surface area is 230 Å². The maximum atomic E-state index is 14.0. The lowest BCUT2D eigenvalue weighted by Crippen LogP contribution is -2.37. The van der Waals surface area contributed by atoms with E-state index in [2.05, 4.69) is 12.2 Å². The number of nitrogens with one attached hydrogen (secondary N) is 1. The number of benzene rings is 2. The summed E-state index contributed by atoms with van der Waals surface area (Å²) in [5, 5.41) is 2.85. The van der Waals surface area contributed by atoms with Crippen LogP contribution in [-0.2, 0) is 21.1 Å². The van der Waals surface area contributed by atoms with Crippen molar-refractivity contribution in [3.8, 4) is 11.5 Å². The second kappa shape index (κ2) is 13.1. The molecule has 10 heteroatoms. The lowest BCUT2D eigenvalue weighted by atomic mass is 9.97. The third-order valence-electron chi connectivity index (χ3n) is 6.70. The van der Waals surface area contributed by atoms with Crippen molar-refractivity contribution in [3.63, 3.8) is 0 Å². The molecule has 212 valence electrons. The molecule has 2 aromatic rings. The number of rotatable bonds is 14. The molecule has 0 spiro atoms. The number of carbonyl (C=O) groups is 3. The molecule has 0 bridgehead atoms. The Balaban J connectivity index is 2.12. The van der Waals surface area contributed by atoms with Gasteiger partial charge in [0.15, 0.2) is 11.5 Å². The molecule has 3 rings (SSSR count). The Morgan fingerprint density at radius 3 is 2.36 bits per heavy atom. The number of amides is 3. The van der Waals surface area contributed by atoms with E-state index >= 15 is 0 Å². The monoisotopic (exact) mass is 558 g/mol. The zero-order valence-corrected chi connectivity index (χ0v) is 24.2. The van der Waals surface area contributed by atoms with Gasteiger partial charge in [-0.1, -0.05) is 45.2 Å². The maximum absolute atomic E-state index is 14.0. The Morgan fingerprint density at radius 1 is 1.00 bits per heavy atom. The van der Waals surface area contributed by atoms with Crippen LogP contribution < -0.4 is 14.8 Å². The number of anilines is 1. The molecule has 1 aliphatic heterocycles. The summed E-state index contributed by atoms with van der Waals surface area (Å²) in [5.41, 5.74) is 1.77. The van der Waals surface area contributed by atoms with E-state index in [-0.39, 0.29) is 23.5 Å². The van der Waals surface area contributed by atoms with Crippen molar-refractivity contribution in [1.82, 2.24) is 4.90 Å². The first-order valence-corrected chi connectivity index (χ1v) is 15.4. The minimum Gasteiger partial charge on any atom is -0.493 e. The van der Waals surface area contributed by atoms with Gasteiger partial charge in [-0.2, -0.15) is 0 Å². The molecule has 9 nitrogen and oxygen atoms in total. The minimum absolute atomic E-state index is 0.104. The molecule has 0 fully saturated rings. The Kier molecular flexibility index (Phi) is 10.1. The van der Waals surface area contributed by atoms with Crippen molar-refractivity contribution in [1.29, 1.82) is 0 Å². The number of hydrogen-bond acceptors (Lipinski definition) is 7. The number of imide groups is 1. The van der Waals surface area contributed by atoms with Crippen LogP contribution in [0.3, 0.4) is 0 Å². The van der Waals surface area contributed by atoms with Gasteiger partial charge in [-0.3, -0.25) is 19.3 Å². The number of unbranched alkanes of at least 4 members (excludes halogenated alkanes) is 3. The SMILES string of the molecule is CCCCCCc1ccc2c(c1NC(=O)CC)C(=O)N([C@H](CS(C)(=O)=O)c1ccc(OC)c(OCC)c1)C2=O. The number of hydrogen-bond donors (Lipinski definition) is 1. The summed E-state index contributed by atoms with van der Waals surface area (Å²) in [6.07, 6.45) is 5.92. The summed E-state index contributed by atoms with van der Waals surface area (Å²) in [6.45, 7) is 5.97. The summed E-state index contributed by atoms with van der Waals surface area (Å²) in [5.74, 6) is -1.19. The number of fused-ring (bicyclic) bond motifs is 1. The molecule has 3 amide bonds. The normalized spacial score (nSPS) is 13.8. The molecule has 0 aliphatic carbocycles. The highest BCUT2D eigenvalue weighted by atomic mass is 32.2. The first-order chi connectivity index (χ1) is 18.6. The van der Waals surface area contributed by atoms with E-state index in [0.29, 0.717) is 35.8 Å². The van der Waals surface area contributed by atoms with Gasteiger partial charge < -0.3 is 14.8 Å². The van der Waals surface area contributed by atoms with Crippen molar-refractivity contribution >= 4 is 33.2 Å². The standard InChI is InChI=1S/C29H38N2O7S/c1-6-9-10-11-12-19-13-15-21-26(27(19)30-25(32)7-2)29(34)31(28(21)33)22(18-39(5,35)36)20-14-16-23(37-4)24(17-20)38-8-3/h13-17,22H,6-12,18H2,1-5H3,(H,30,32)/t22-/m1/s1. The molecular formula is C29H38N2O7S. The Hall–Kier alpha value is -3.40. The highest BCUT2D eigenvalue weighted by Crippen LogP contribution is 2.40. The fourth-order valence-corrected chi connectivity index (χ4v) is 5.68. The summed E-state index contributed by atoms with van der Waals surface area (Å²) in [4.78, 5) is 41.1. The zero-order chi connectivity index (χ0) is 28.7. The topological polar surface area (TPSA) is 119 Å². The molecular weight excluding hydrogens is 520 g/mol. The first kappa shape index (κ1) is 30.1. The van der Waals surface area contributed by atoms with Crippen molar-refractivity contribution in [2.24, 2.45) is 0 Å². The summed E-state index contributed by atoms with van der Waals surface area (Å²) >= 11 is 0. The lowest BCUT2D eigenvalue weighted by Gasteiger charge is -2.27. The van der Waals surface area contributed by atoms with Gasteiger partial charge in [-0.15, -0.1) is 0 Å².